The van der Waals surface area contributed by atoms with Gasteiger partial charge in [-0.15, -0.1) is 0 Å². The van der Waals surface area contributed by atoms with Crippen LogP contribution in [0.25, 0.3) is 11.1 Å². The van der Waals surface area contributed by atoms with Crippen molar-refractivity contribution in [3.8, 4) is 28.4 Å². The molecule has 1 N–H and O–H groups in total. The average Bonchev–Trinajstić information content (AvgIpc) is 2.99. The lowest BCUT2D eigenvalue weighted by Crippen LogP contribution is -2.20. The second-order valence-electron chi connectivity index (χ2n) is 8.28. The highest BCUT2D eigenvalue weighted by atomic mass is 32.2. The fraction of sp³-hybridized carbons (Fsp3) is 0.280. The van der Waals surface area contributed by atoms with Crippen LogP contribution in [0.15, 0.2) is 64.4 Å². The molecule has 7 heteroatoms. The first kappa shape index (κ1) is 20.8. The predicted octanol–water partition coefficient (Wildman–Crippen LogP) is 3.69. The Balaban J connectivity index is 1.46. The predicted molar refractivity (Wildman–Crippen MR) is 121 cm³/mol. The van der Waals surface area contributed by atoms with Gasteiger partial charge in [0.1, 0.15) is 23.9 Å². The van der Waals surface area contributed by atoms with Crippen molar-refractivity contribution in [2.75, 3.05) is 33.4 Å². The summed E-state index contributed by atoms with van der Waals surface area (Å²) in [5, 5.41) is 10.5. The maximum atomic E-state index is 13.3. The highest BCUT2D eigenvalue weighted by Gasteiger charge is 2.25. The number of phenols is 1. The van der Waals surface area contributed by atoms with Crippen LogP contribution in [-0.4, -0.2) is 51.8 Å². The number of rotatable bonds is 3. The van der Waals surface area contributed by atoms with Crippen LogP contribution in [0.1, 0.15) is 11.1 Å². The first-order valence-corrected chi connectivity index (χ1v) is 12.2. The molecular formula is C25H25NO5S. The summed E-state index contributed by atoms with van der Waals surface area (Å²) in [6, 6.07) is 15.7. The molecule has 0 saturated carbocycles. The number of sulfone groups is 1. The number of benzene rings is 3. The van der Waals surface area contributed by atoms with Gasteiger partial charge in [0, 0.05) is 13.1 Å². The topological polar surface area (TPSA) is 76.1 Å². The lowest BCUT2D eigenvalue weighted by Gasteiger charge is -2.19. The van der Waals surface area contributed by atoms with E-state index < -0.39 is 9.84 Å². The van der Waals surface area contributed by atoms with Gasteiger partial charge in [0.25, 0.3) is 0 Å². The summed E-state index contributed by atoms with van der Waals surface area (Å²) in [4.78, 5) is 2.33. The van der Waals surface area contributed by atoms with Crippen molar-refractivity contribution < 1.29 is 23.0 Å². The number of aromatic hydroxyl groups is 1. The minimum atomic E-state index is -3.85. The lowest BCUT2D eigenvalue weighted by molar-refractivity contribution is 0.171. The third-order valence-corrected chi connectivity index (χ3v) is 7.94. The van der Waals surface area contributed by atoms with Crippen LogP contribution in [0.4, 0.5) is 0 Å². The zero-order chi connectivity index (χ0) is 22.3. The van der Waals surface area contributed by atoms with Crippen LogP contribution in [0, 0.1) is 0 Å². The molecule has 32 heavy (non-hydrogen) atoms. The van der Waals surface area contributed by atoms with Crippen LogP contribution in [0.5, 0.6) is 17.2 Å². The number of likely N-dealkylation sites (N-methyl/N-ethyl adjacent to an activating group) is 1. The number of hydrogen-bond acceptors (Lipinski definition) is 6. The van der Waals surface area contributed by atoms with Crippen LogP contribution >= 0.6 is 0 Å². The van der Waals surface area contributed by atoms with E-state index in [2.05, 4.69) is 4.90 Å². The molecule has 0 radical (unpaired) electrons. The Labute approximate surface area is 187 Å². The zero-order valence-electron chi connectivity index (χ0n) is 17.9. The number of fused-ring (bicyclic) bond motifs is 2. The molecule has 0 spiro atoms. The SMILES string of the molecule is CN1CCc2cc(O)c(S(=O)(=O)c3ccc(-c4ccc5c(c4)OCCO5)cc3)cc2CC1. The van der Waals surface area contributed by atoms with Gasteiger partial charge in [0.15, 0.2) is 11.5 Å². The first-order chi connectivity index (χ1) is 15.4. The van der Waals surface area contributed by atoms with E-state index in [4.69, 9.17) is 9.47 Å². The Hall–Kier alpha value is -3.03. The van der Waals surface area contributed by atoms with Crippen molar-refractivity contribution >= 4 is 9.84 Å². The third-order valence-electron chi connectivity index (χ3n) is 6.14. The quantitative estimate of drug-likeness (QED) is 0.655. The molecule has 5 rings (SSSR count). The smallest absolute Gasteiger partial charge is 0.210 e. The van der Waals surface area contributed by atoms with Gasteiger partial charge in [0.05, 0.1) is 4.90 Å². The highest BCUT2D eigenvalue weighted by molar-refractivity contribution is 7.91. The molecule has 0 saturated heterocycles. The lowest BCUT2D eigenvalue weighted by atomic mass is 10.0. The average molecular weight is 452 g/mol. The molecule has 2 aliphatic rings. The standard InChI is InChI=1S/C25H25NO5S/c1-26-10-8-19-14-22(27)25(16-20(19)9-11-26)32(28,29)21-5-2-17(3-6-21)18-4-7-23-24(15-18)31-13-12-30-23/h2-7,14-16,27H,8-13H2,1H3. The summed E-state index contributed by atoms with van der Waals surface area (Å²) in [6.45, 7) is 2.79. The van der Waals surface area contributed by atoms with Crippen molar-refractivity contribution in [1.82, 2.24) is 4.90 Å². The van der Waals surface area contributed by atoms with Gasteiger partial charge in [-0.1, -0.05) is 18.2 Å². The van der Waals surface area contributed by atoms with Gasteiger partial charge in [-0.2, -0.15) is 0 Å². The Bertz CT molecular complexity index is 1270. The maximum Gasteiger partial charge on any atom is 0.210 e. The summed E-state index contributed by atoms with van der Waals surface area (Å²) in [7, 11) is -1.80. The number of ether oxygens (including phenoxy) is 2. The number of phenolic OH excluding ortho intramolecular Hbond substituents is 1. The summed E-state index contributed by atoms with van der Waals surface area (Å²) in [6.07, 6.45) is 1.56. The van der Waals surface area contributed by atoms with E-state index in [9.17, 15) is 13.5 Å². The van der Waals surface area contributed by atoms with E-state index in [1.54, 1.807) is 36.4 Å². The zero-order valence-corrected chi connectivity index (χ0v) is 18.7. The third kappa shape index (κ3) is 3.82. The van der Waals surface area contributed by atoms with E-state index in [-0.39, 0.29) is 15.5 Å². The second kappa shape index (κ2) is 8.15. The molecular weight excluding hydrogens is 426 g/mol. The van der Waals surface area contributed by atoms with E-state index in [1.807, 2.05) is 25.2 Å². The van der Waals surface area contributed by atoms with Gasteiger partial charge in [0.2, 0.25) is 9.84 Å². The van der Waals surface area contributed by atoms with E-state index in [0.29, 0.717) is 24.7 Å². The monoisotopic (exact) mass is 451 g/mol. The van der Waals surface area contributed by atoms with Crippen LogP contribution in [0.3, 0.4) is 0 Å². The van der Waals surface area contributed by atoms with E-state index in [0.717, 1.165) is 48.2 Å². The largest absolute Gasteiger partial charge is 0.507 e. The molecule has 0 amide bonds. The minimum absolute atomic E-state index is 0.0344. The summed E-state index contributed by atoms with van der Waals surface area (Å²) in [5.41, 5.74) is 3.78. The molecule has 166 valence electrons. The Morgan fingerprint density at radius 2 is 1.44 bits per heavy atom. The van der Waals surface area contributed by atoms with Crippen molar-refractivity contribution in [1.29, 1.82) is 0 Å². The van der Waals surface area contributed by atoms with Gasteiger partial charge >= 0.3 is 0 Å². The molecule has 6 nitrogen and oxygen atoms in total. The van der Waals surface area contributed by atoms with E-state index >= 15 is 0 Å². The summed E-state index contributed by atoms with van der Waals surface area (Å²) in [5.74, 6) is 1.21. The summed E-state index contributed by atoms with van der Waals surface area (Å²) >= 11 is 0. The second-order valence-corrected chi connectivity index (χ2v) is 10.2. The number of hydrogen-bond donors (Lipinski definition) is 1. The number of nitrogens with zero attached hydrogens (tertiary/aromatic N) is 1. The molecule has 0 aromatic heterocycles. The molecule has 0 bridgehead atoms. The summed E-state index contributed by atoms with van der Waals surface area (Å²) < 4.78 is 37.9. The van der Waals surface area contributed by atoms with Crippen LogP contribution < -0.4 is 9.47 Å². The minimum Gasteiger partial charge on any atom is -0.507 e. The molecule has 2 heterocycles. The molecule has 0 fully saturated rings. The Morgan fingerprint density at radius 3 is 2.16 bits per heavy atom. The van der Waals surface area contributed by atoms with Crippen molar-refractivity contribution in [3.05, 3.63) is 65.7 Å². The van der Waals surface area contributed by atoms with Gasteiger partial charge in [-0.3, -0.25) is 0 Å². The Morgan fingerprint density at radius 1 is 0.812 bits per heavy atom. The fourth-order valence-electron chi connectivity index (χ4n) is 4.25. The molecule has 3 aromatic rings. The molecule has 0 unspecified atom stereocenters. The molecule has 3 aromatic carbocycles. The van der Waals surface area contributed by atoms with Crippen molar-refractivity contribution in [2.45, 2.75) is 22.6 Å². The molecule has 2 aliphatic heterocycles. The highest BCUT2D eigenvalue weighted by Crippen LogP contribution is 2.36. The molecule has 0 atom stereocenters. The van der Waals surface area contributed by atoms with Gasteiger partial charge in [-0.25, -0.2) is 8.42 Å². The first-order valence-electron chi connectivity index (χ1n) is 10.7. The van der Waals surface area contributed by atoms with Gasteiger partial charge < -0.3 is 19.5 Å². The van der Waals surface area contributed by atoms with Crippen LogP contribution in [0.2, 0.25) is 0 Å². The normalized spacial score (nSPS) is 16.3. The van der Waals surface area contributed by atoms with E-state index in [1.165, 1.54) is 0 Å². The maximum absolute atomic E-state index is 13.3. The van der Waals surface area contributed by atoms with Crippen LogP contribution in [-0.2, 0) is 22.7 Å². The fourth-order valence-corrected chi connectivity index (χ4v) is 5.63. The molecule has 0 aliphatic carbocycles. The Kier molecular flexibility index (Phi) is 5.31. The van der Waals surface area contributed by atoms with Crippen molar-refractivity contribution in [3.63, 3.8) is 0 Å². The van der Waals surface area contributed by atoms with Crippen molar-refractivity contribution in [2.24, 2.45) is 0 Å². The van der Waals surface area contributed by atoms with Gasteiger partial charge in [-0.05, 0) is 78.5 Å².